The van der Waals surface area contributed by atoms with Crippen LogP contribution in [0.2, 0.25) is 0 Å². The molecule has 1 heterocycles. The molecular weight excluding hydrogens is 292 g/mol. The Hall–Kier alpha value is -1.90. The average Bonchev–Trinajstić information content (AvgIpc) is 2.97. The number of piperazine rings is 1. The average molecular weight is 318 g/mol. The molecule has 1 fully saturated rings. The summed E-state index contributed by atoms with van der Waals surface area (Å²) in [4.78, 5) is 2.59. The van der Waals surface area contributed by atoms with Gasteiger partial charge in [0.15, 0.2) is 0 Å². The van der Waals surface area contributed by atoms with Crippen molar-refractivity contribution in [2.45, 2.75) is 19.8 Å². The second kappa shape index (κ2) is 6.92. The van der Waals surface area contributed by atoms with Gasteiger partial charge in [0.1, 0.15) is 0 Å². The van der Waals surface area contributed by atoms with Gasteiger partial charge >= 0.3 is 0 Å². The van der Waals surface area contributed by atoms with E-state index < -0.39 is 0 Å². The van der Waals surface area contributed by atoms with Crippen molar-refractivity contribution in [1.29, 1.82) is 0 Å². The lowest BCUT2D eigenvalue weighted by Gasteiger charge is -2.27. The Morgan fingerprint density at radius 3 is 2.46 bits per heavy atom. The van der Waals surface area contributed by atoms with Gasteiger partial charge in [0.05, 0.1) is 0 Å². The maximum atomic E-state index is 3.44. The molecule has 0 aromatic heterocycles. The highest BCUT2D eigenvalue weighted by molar-refractivity contribution is 5.83. The summed E-state index contributed by atoms with van der Waals surface area (Å²) >= 11 is 0. The Kier molecular flexibility index (Phi) is 4.50. The van der Waals surface area contributed by atoms with E-state index in [1.807, 2.05) is 0 Å². The third kappa shape index (κ3) is 3.04. The first kappa shape index (κ1) is 15.6. The largest absolute Gasteiger partial charge is 0.314 e. The van der Waals surface area contributed by atoms with Gasteiger partial charge in [-0.1, -0.05) is 54.1 Å². The molecule has 0 radical (unpaired) electrons. The van der Waals surface area contributed by atoms with E-state index in [-0.39, 0.29) is 0 Å². The third-order valence-corrected chi connectivity index (χ3v) is 5.43. The number of fused-ring (bicyclic) bond motifs is 1. The Morgan fingerprint density at radius 1 is 0.917 bits per heavy atom. The van der Waals surface area contributed by atoms with E-state index >= 15 is 0 Å². The Balaban J connectivity index is 1.57. The lowest BCUT2D eigenvalue weighted by atomic mass is 9.94. The molecule has 1 N–H and O–H groups in total. The molecule has 2 aromatic carbocycles. The normalized spacial score (nSPS) is 18.0. The zero-order chi connectivity index (χ0) is 16.4. The maximum Gasteiger partial charge on any atom is 0.0108 e. The Morgan fingerprint density at radius 2 is 1.67 bits per heavy atom. The number of hydrogen-bond donors (Lipinski definition) is 1. The quantitative estimate of drug-likeness (QED) is 0.917. The van der Waals surface area contributed by atoms with Gasteiger partial charge in [0.25, 0.3) is 0 Å². The lowest BCUT2D eigenvalue weighted by Crippen LogP contribution is -2.43. The SMILES string of the molecule is CC1=C(CCN2CCNCC2)c2cccc(-c3ccccc3)c2C1. The molecule has 1 aliphatic heterocycles. The van der Waals surface area contributed by atoms with Crippen LogP contribution in [-0.2, 0) is 6.42 Å². The van der Waals surface area contributed by atoms with Gasteiger partial charge in [0, 0.05) is 32.7 Å². The second-order valence-corrected chi connectivity index (χ2v) is 6.98. The first-order chi connectivity index (χ1) is 11.8. The lowest BCUT2D eigenvalue weighted by molar-refractivity contribution is 0.246. The van der Waals surface area contributed by atoms with Crippen LogP contribution in [0.1, 0.15) is 24.5 Å². The van der Waals surface area contributed by atoms with Gasteiger partial charge in [-0.05, 0) is 47.6 Å². The van der Waals surface area contributed by atoms with Gasteiger partial charge in [0.2, 0.25) is 0 Å². The zero-order valence-corrected chi connectivity index (χ0v) is 14.5. The zero-order valence-electron chi connectivity index (χ0n) is 14.5. The molecule has 2 nitrogen and oxygen atoms in total. The van der Waals surface area contributed by atoms with Gasteiger partial charge in [-0.15, -0.1) is 0 Å². The van der Waals surface area contributed by atoms with Crippen LogP contribution in [0.3, 0.4) is 0 Å². The molecule has 124 valence electrons. The summed E-state index contributed by atoms with van der Waals surface area (Å²) in [6.45, 7) is 8.14. The summed E-state index contributed by atoms with van der Waals surface area (Å²) in [6, 6.07) is 17.6. The van der Waals surface area contributed by atoms with E-state index in [0.717, 1.165) is 19.5 Å². The van der Waals surface area contributed by atoms with Crippen LogP contribution in [0.5, 0.6) is 0 Å². The fourth-order valence-corrected chi connectivity index (χ4v) is 4.10. The minimum atomic E-state index is 1.11. The fraction of sp³-hybridized carbons (Fsp3) is 0.364. The van der Waals surface area contributed by atoms with Crippen molar-refractivity contribution in [1.82, 2.24) is 10.2 Å². The topological polar surface area (TPSA) is 15.3 Å². The first-order valence-corrected chi connectivity index (χ1v) is 9.12. The molecule has 2 aromatic rings. The highest BCUT2D eigenvalue weighted by Crippen LogP contribution is 2.40. The Bertz CT molecular complexity index is 740. The van der Waals surface area contributed by atoms with Crippen molar-refractivity contribution in [3.05, 3.63) is 65.2 Å². The molecular formula is C22H26N2. The van der Waals surface area contributed by atoms with Crippen molar-refractivity contribution in [2.75, 3.05) is 32.7 Å². The van der Waals surface area contributed by atoms with Crippen LogP contribution in [0.25, 0.3) is 16.7 Å². The summed E-state index contributed by atoms with van der Waals surface area (Å²) in [5.41, 5.74) is 8.90. The number of benzene rings is 2. The van der Waals surface area contributed by atoms with E-state index in [4.69, 9.17) is 0 Å². The van der Waals surface area contributed by atoms with E-state index in [1.165, 1.54) is 48.3 Å². The van der Waals surface area contributed by atoms with Crippen molar-refractivity contribution < 1.29 is 0 Å². The van der Waals surface area contributed by atoms with Crippen LogP contribution in [0.15, 0.2) is 54.1 Å². The predicted molar refractivity (Wildman–Crippen MR) is 102 cm³/mol. The van der Waals surface area contributed by atoms with E-state index in [9.17, 15) is 0 Å². The van der Waals surface area contributed by atoms with Gasteiger partial charge in [-0.3, -0.25) is 0 Å². The highest BCUT2D eigenvalue weighted by atomic mass is 15.2. The minimum Gasteiger partial charge on any atom is -0.314 e. The maximum absolute atomic E-state index is 3.44. The summed E-state index contributed by atoms with van der Waals surface area (Å²) < 4.78 is 0. The number of nitrogens with one attached hydrogen (secondary N) is 1. The summed E-state index contributed by atoms with van der Waals surface area (Å²) in [5, 5.41) is 3.44. The minimum absolute atomic E-state index is 1.11. The molecule has 0 unspecified atom stereocenters. The fourth-order valence-electron chi connectivity index (χ4n) is 4.10. The van der Waals surface area contributed by atoms with Crippen molar-refractivity contribution in [3.8, 4) is 11.1 Å². The van der Waals surface area contributed by atoms with Gasteiger partial charge < -0.3 is 10.2 Å². The number of hydrogen-bond acceptors (Lipinski definition) is 2. The third-order valence-electron chi connectivity index (χ3n) is 5.43. The summed E-state index contributed by atoms with van der Waals surface area (Å²) in [7, 11) is 0. The summed E-state index contributed by atoms with van der Waals surface area (Å²) in [5.74, 6) is 0. The van der Waals surface area contributed by atoms with Crippen LogP contribution in [0.4, 0.5) is 0 Å². The molecule has 24 heavy (non-hydrogen) atoms. The van der Waals surface area contributed by atoms with Gasteiger partial charge in [-0.25, -0.2) is 0 Å². The first-order valence-electron chi connectivity index (χ1n) is 9.12. The summed E-state index contributed by atoms with van der Waals surface area (Å²) in [6.07, 6.45) is 2.29. The van der Waals surface area contributed by atoms with Crippen molar-refractivity contribution >= 4 is 5.57 Å². The van der Waals surface area contributed by atoms with Crippen LogP contribution >= 0.6 is 0 Å². The molecule has 0 atom stereocenters. The molecule has 4 rings (SSSR count). The van der Waals surface area contributed by atoms with E-state index in [1.54, 1.807) is 11.1 Å². The molecule has 0 amide bonds. The molecule has 1 aliphatic carbocycles. The number of nitrogens with zero attached hydrogens (tertiary/aromatic N) is 1. The standard InChI is InChI=1S/C22H26N2/c1-17-16-22-20(18-6-3-2-4-7-18)8-5-9-21(22)19(17)10-13-24-14-11-23-12-15-24/h2-9,23H,10-16H2,1H3. The molecule has 0 bridgehead atoms. The molecule has 2 aliphatic rings. The van der Waals surface area contributed by atoms with Crippen molar-refractivity contribution in [3.63, 3.8) is 0 Å². The van der Waals surface area contributed by atoms with E-state index in [0.29, 0.717) is 0 Å². The highest BCUT2D eigenvalue weighted by Gasteiger charge is 2.22. The van der Waals surface area contributed by atoms with Crippen LogP contribution in [0, 0.1) is 0 Å². The smallest absolute Gasteiger partial charge is 0.0108 e. The molecule has 2 heteroatoms. The van der Waals surface area contributed by atoms with Crippen LogP contribution < -0.4 is 5.32 Å². The van der Waals surface area contributed by atoms with Crippen LogP contribution in [-0.4, -0.2) is 37.6 Å². The molecule has 0 saturated carbocycles. The molecule has 1 saturated heterocycles. The Labute approximate surface area is 145 Å². The molecule has 0 spiro atoms. The van der Waals surface area contributed by atoms with Crippen molar-refractivity contribution in [2.24, 2.45) is 0 Å². The second-order valence-electron chi connectivity index (χ2n) is 6.98. The van der Waals surface area contributed by atoms with E-state index in [2.05, 4.69) is 65.7 Å². The van der Waals surface area contributed by atoms with Gasteiger partial charge in [-0.2, -0.15) is 0 Å². The predicted octanol–water partition coefficient (Wildman–Crippen LogP) is 3.98. The number of allylic oxidation sites excluding steroid dienone is 1. The monoisotopic (exact) mass is 318 g/mol. The number of rotatable bonds is 4.